The fourth-order valence-corrected chi connectivity index (χ4v) is 3.25. The first-order valence-corrected chi connectivity index (χ1v) is 10.3. The van der Waals surface area contributed by atoms with Gasteiger partial charge < -0.3 is 15.0 Å². The largest absolute Gasteiger partial charge is 0.379 e. The maximum atomic E-state index is 11.0. The zero-order valence-electron chi connectivity index (χ0n) is 14.4. The lowest BCUT2D eigenvalue weighted by Gasteiger charge is -2.21. The van der Waals surface area contributed by atoms with E-state index in [1.807, 2.05) is 6.07 Å². The van der Waals surface area contributed by atoms with Crippen LogP contribution in [0.4, 0.5) is 0 Å². The highest BCUT2D eigenvalue weighted by atomic mass is 32.2. The van der Waals surface area contributed by atoms with Gasteiger partial charge in [-0.2, -0.15) is 0 Å². The Bertz CT molecular complexity index is 632. The van der Waals surface area contributed by atoms with Crippen molar-refractivity contribution in [3.05, 3.63) is 35.9 Å². The summed E-state index contributed by atoms with van der Waals surface area (Å²) in [4.78, 5) is 6.59. The van der Waals surface area contributed by atoms with Crippen LogP contribution in [0.3, 0.4) is 0 Å². The predicted molar refractivity (Wildman–Crippen MR) is 97.3 cm³/mol. The van der Waals surface area contributed by atoms with Gasteiger partial charge >= 0.3 is 0 Å². The Morgan fingerprint density at radius 3 is 2.75 bits per heavy atom. The van der Waals surface area contributed by atoms with Crippen molar-refractivity contribution in [2.75, 3.05) is 51.9 Å². The zero-order valence-corrected chi connectivity index (χ0v) is 15.3. The van der Waals surface area contributed by atoms with Crippen molar-refractivity contribution in [1.29, 1.82) is 0 Å². The number of aliphatic imine (C=N–C) groups is 1. The topological polar surface area (TPSA) is 71.0 Å². The minimum atomic E-state index is -2.96. The summed E-state index contributed by atoms with van der Waals surface area (Å²) in [5.74, 6) is 1.47. The molecule has 134 valence electrons. The van der Waals surface area contributed by atoms with E-state index < -0.39 is 9.84 Å². The van der Waals surface area contributed by atoms with Crippen LogP contribution in [0.2, 0.25) is 0 Å². The lowest BCUT2D eigenvalue weighted by molar-refractivity contribution is 0.153. The van der Waals surface area contributed by atoms with Gasteiger partial charge in [-0.25, -0.2) is 8.42 Å². The van der Waals surface area contributed by atoms with Crippen LogP contribution in [0, 0.1) is 0 Å². The monoisotopic (exact) mass is 353 g/mol. The standard InChI is InChI=1S/C17H27N3O3S/c1-18-17(19-9-11-23-12-13-24(2,21)22)20-10-8-16(14-20)15-6-4-3-5-7-15/h3-7,16H,8-14H2,1-2H3,(H,18,19). The van der Waals surface area contributed by atoms with Gasteiger partial charge in [0.1, 0.15) is 9.84 Å². The molecule has 1 unspecified atom stereocenters. The van der Waals surface area contributed by atoms with E-state index in [0.717, 1.165) is 25.5 Å². The highest BCUT2D eigenvalue weighted by Crippen LogP contribution is 2.26. The summed E-state index contributed by atoms with van der Waals surface area (Å²) in [7, 11) is -1.17. The number of rotatable bonds is 7. The van der Waals surface area contributed by atoms with Crippen LogP contribution in [-0.4, -0.2) is 71.2 Å². The van der Waals surface area contributed by atoms with Crippen molar-refractivity contribution in [1.82, 2.24) is 10.2 Å². The predicted octanol–water partition coefficient (Wildman–Crippen LogP) is 1.11. The molecule has 6 nitrogen and oxygen atoms in total. The average Bonchev–Trinajstić information content (AvgIpc) is 3.04. The molecule has 1 saturated heterocycles. The van der Waals surface area contributed by atoms with Gasteiger partial charge in [-0.1, -0.05) is 30.3 Å². The Balaban J connectivity index is 1.71. The number of nitrogens with zero attached hydrogens (tertiary/aromatic N) is 2. The Kier molecular flexibility index (Phi) is 7.05. The Morgan fingerprint density at radius 1 is 1.33 bits per heavy atom. The van der Waals surface area contributed by atoms with Crippen LogP contribution in [0.25, 0.3) is 0 Å². The molecular weight excluding hydrogens is 326 g/mol. The third-order valence-corrected chi connectivity index (χ3v) is 5.01. The fourth-order valence-electron chi connectivity index (χ4n) is 2.83. The summed E-state index contributed by atoms with van der Waals surface area (Å²) in [6.07, 6.45) is 2.34. The lowest BCUT2D eigenvalue weighted by Crippen LogP contribution is -2.41. The molecule has 0 aliphatic carbocycles. The van der Waals surface area contributed by atoms with Crippen LogP contribution in [-0.2, 0) is 14.6 Å². The maximum absolute atomic E-state index is 11.0. The first kappa shape index (κ1) is 18.7. The van der Waals surface area contributed by atoms with E-state index in [4.69, 9.17) is 4.74 Å². The SMILES string of the molecule is CN=C(NCCOCCS(C)(=O)=O)N1CCC(c2ccccc2)C1. The maximum Gasteiger partial charge on any atom is 0.193 e. The number of nitrogens with one attached hydrogen (secondary N) is 1. The fraction of sp³-hybridized carbons (Fsp3) is 0.588. The lowest BCUT2D eigenvalue weighted by atomic mass is 9.99. The number of guanidine groups is 1. The Hall–Kier alpha value is -1.60. The molecule has 7 heteroatoms. The zero-order chi connectivity index (χ0) is 17.4. The van der Waals surface area contributed by atoms with E-state index >= 15 is 0 Å². The molecule has 24 heavy (non-hydrogen) atoms. The molecule has 1 heterocycles. The molecule has 1 aliphatic heterocycles. The molecule has 1 aromatic rings. The normalized spacial score (nSPS) is 18.8. The van der Waals surface area contributed by atoms with Crippen LogP contribution >= 0.6 is 0 Å². The summed E-state index contributed by atoms with van der Waals surface area (Å²) in [5.41, 5.74) is 1.37. The molecular formula is C17H27N3O3S. The third kappa shape index (κ3) is 6.13. The van der Waals surface area contributed by atoms with Gasteiger partial charge in [0, 0.05) is 38.9 Å². The van der Waals surface area contributed by atoms with E-state index in [-0.39, 0.29) is 12.4 Å². The number of likely N-dealkylation sites (tertiary alicyclic amines) is 1. The summed E-state index contributed by atoms with van der Waals surface area (Å²) >= 11 is 0. The van der Waals surface area contributed by atoms with Gasteiger partial charge in [-0.15, -0.1) is 0 Å². The van der Waals surface area contributed by atoms with Crippen LogP contribution in [0.15, 0.2) is 35.3 Å². The van der Waals surface area contributed by atoms with Crippen molar-refractivity contribution >= 4 is 15.8 Å². The number of benzene rings is 1. The van der Waals surface area contributed by atoms with Crippen LogP contribution < -0.4 is 5.32 Å². The third-order valence-electron chi connectivity index (χ3n) is 4.10. The summed E-state index contributed by atoms with van der Waals surface area (Å²) in [5, 5.41) is 3.28. The molecule has 1 N–H and O–H groups in total. The molecule has 0 bridgehead atoms. The molecule has 1 fully saturated rings. The highest BCUT2D eigenvalue weighted by molar-refractivity contribution is 7.90. The molecule has 2 rings (SSSR count). The number of hydrogen-bond acceptors (Lipinski definition) is 4. The first-order chi connectivity index (χ1) is 11.5. The van der Waals surface area contributed by atoms with E-state index in [1.54, 1.807) is 7.05 Å². The van der Waals surface area contributed by atoms with Crippen molar-refractivity contribution in [3.63, 3.8) is 0 Å². The highest BCUT2D eigenvalue weighted by Gasteiger charge is 2.25. The second kappa shape index (κ2) is 9.03. The molecule has 0 aromatic heterocycles. The average molecular weight is 353 g/mol. The van der Waals surface area contributed by atoms with Gasteiger partial charge in [0.15, 0.2) is 5.96 Å². The smallest absolute Gasteiger partial charge is 0.193 e. The first-order valence-electron chi connectivity index (χ1n) is 8.25. The molecule has 0 saturated carbocycles. The number of ether oxygens (including phenoxy) is 1. The summed E-state index contributed by atoms with van der Waals surface area (Å²) < 4.78 is 27.4. The Labute approximate surface area is 144 Å². The van der Waals surface area contributed by atoms with E-state index in [0.29, 0.717) is 19.1 Å². The number of sulfone groups is 1. The molecule has 0 amide bonds. The van der Waals surface area contributed by atoms with Gasteiger partial charge in [-0.05, 0) is 12.0 Å². The number of hydrogen-bond donors (Lipinski definition) is 1. The van der Waals surface area contributed by atoms with Gasteiger partial charge in [-0.3, -0.25) is 4.99 Å². The summed E-state index contributed by atoms with van der Waals surface area (Å²) in [6, 6.07) is 10.6. The minimum absolute atomic E-state index is 0.0621. The van der Waals surface area contributed by atoms with Crippen molar-refractivity contribution in [3.8, 4) is 0 Å². The van der Waals surface area contributed by atoms with E-state index in [9.17, 15) is 8.42 Å². The van der Waals surface area contributed by atoms with Gasteiger partial charge in [0.2, 0.25) is 0 Å². The quantitative estimate of drug-likeness (QED) is 0.452. The second-order valence-electron chi connectivity index (χ2n) is 6.06. The second-order valence-corrected chi connectivity index (χ2v) is 8.32. The van der Waals surface area contributed by atoms with E-state index in [1.165, 1.54) is 11.8 Å². The Morgan fingerprint density at radius 2 is 2.08 bits per heavy atom. The molecule has 1 aliphatic rings. The van der Waals surface area contributed by atoms with E-state index in [2.05, 4.69) is 39.5 Å². The van der Waals surface area contributed by atoms with Crippen LogP contribution in [0.1, 0.15) is 17.9 Å². The molecule has 1 atom stereocenters. The van der Waals surface area contributed by atoms with Crippen molar-refractivity contribution in [2.24, 2.45) is 4.99 Å². The van der Waals surface area contributed by atoms with Crippen molar-refractivity contribution < 1.29 is 13.2 Å². The minimum Gasteiger partial charge on any atom is -0.379 e. The molecule has 1 aromatic carbocycles. The van der Waals surface area contributed by atoms with Crippen LogP contribution in [0.5, 0.6) is 0 Å². The van der Waals surface area contributed by atoms with Crippen molar-refractivity contribution in [2.45, 2.75) is 12.3 Å². The summed E-state index contributed by atoms with van der Waals surface area (Å²) in [6.45, 7) is 3.25. The molecule has 0 radical (unpaired) electrons. The molecule has 0 spiro atoms. The van der Waals surface area contributed by atoms with Gasteiger partial charge in [0.25, 0.3) is 0 Å². The van der Waals surface area contributed by atoms with Gasteiger partial charge in [0.05, 0.1) is 19.0 Å².